The molecule has 102 valence electrons. The van der Waals surface area contributed by atoms with E-state index in [9.17, 15) is 4.79 Å². The number of carbonyl (C=O) groups excluding carboxylic acids is 1. The highest BCUT2D eigenvalue weighted by Gasteiger charge is 2.38. The first-order chi connectivity index (χ1) is 8.72. The first-order valence-electron chi connectivity index (χ1n) is 7.44. The normalized spacial score (nSPS) is 35.7. The quantitative estimate of drug-likeness (QED) is 0.757. The summed E-state index contributed by atoms with van der Waals surface area (Å²) in [7, 11) is 2.26. The van der Waals surface area contributed by atoms with Gasteiger partial charge in [-0.15, -0.1) is 0 Å². The first-order valence-corrected chi connectivity index (χ1v) is 7.44. The minimum Gasteiger partial charge on any atom is -0.355 e. The van der Waals surface area contributed by atoms with Gasteiger partial charge in [0, 0.05) is 24.7 Å². The van der Waals surface area contributed by atoms with E-state index in [4.69, 9.17) is 0 Å². The summed E-state index contributed by atoms with van der Waals surface area (Å²) in [5.41, 5.74) is 0. The number of rotatable bonds is 5. The summed E-state index contributed by atoms with van der Waals surface area (Å²) in [6, 6.07) is 2.17. The summed E-state index contributed by atoms with van der Waals surface area (Å²) in [5, 5.41) is 6.36. The molecule has 3 rings (SSSR count). The van der Waals surface area contributed by atoms with Gasteiger partial charge in [-0.2, -0.15) is 0 Å². The molecule has 4 heteroatoms. The van der Waals surface area contributed by atoms with Crippen molar-refractivity contribution < 1.29 is 4.79 Å². The summed E-state index contributed by atoms with van der Waals surface area (Å²) >= 11 is 0. The fraction of sp³-hybridized carbons (Fsp3) is 0.929. The van der Waals surface area contributed by atoms with Crippen molar-refractivity contribution in [3.8, 4) is 0 Å². The standard InChI is InChI=1S/C14H25N3O/c1-17-12-4-5-13(17)7-10(6-12)8-16-14(18)9-15-11-2-3-11/h10-13,15H,2-9H2,1H3,(H,16,18). The van der Waals surface area contributed by atoms with Crippen LogP contribution in [0.25, 0.3) is 0 Å². The van der Waals surface area contributed by atoms with E-state index in [1.54, 1.807) is 0 Å². The third kappa shape index (κ3) is 2.86. The van der Waals surface area contributed by atoms with Crippen LogP contribution >= 0.6 is 0 Å². The molecule has 2 unspecified atom stereocenters. The van der Waals surface area contributed by atoms with Crippen LogP contribution in [0.2, 0.25) is 0 Å². The van der Waals surface area contributed by atoms with Crippen LogP contribution < -0.4 is 10.6 Å². The van der Waals surface area contributed by atoms with Crippen molar-refractivity contribution >= 4 is 5.91 Å². The van der Waals surface area contributed by atoms with Crippen LogP contribution in [0.4, 0.5) is 0 Å². The van der Waals surface area contributed by atoms with E-state index < -0.39 is 0 Å². The van der Waals surface area contributed by atoms with Crippen molar-refractivity contribution in [2.75, 3.05) is 20.1 Å². The maximum absolute atomic E-state index is 11.7. The molecule has 1 saturated carbocycles. The fourth-order valence-corrected chi connectivity index (χ4v) is 3.54. The van der Waals surface area contributed by atoms with Crippen LogP contribution in [0.3, 0.4) is 0 Å². The van der Waals surface area contributed by atoms with Gasteiger partial charge in [0.15, 0.2) is 0 Å². The molecule has 4 nitrogen and oxygen atoms in total. The molecule has 0 radical (unpaired) electrons. The number of fused-ring (bicyclic) bond motifs is 2. The van der Waals surface area contributed by atoms with Gasteiger partial charge in [-0.05, 0) is 51.5 Å². The lowest BCUT2D eigenvalue weighted by atomic mass is 9.91. The molecule has 0 aromatic rings. The lowest BCUT2D eigenvalue weighted by Crippen LogP contribution is -2.44. The minimum atomic E-state index is 0.174. The zero-order chi connectivity index (χ0) is 12.5. The van der Waals surface area contributed by atoms with E-state index in [2.05, 4.69) is 22.6 Å². The molecular weight excluding hydrogens is 226 g/mol. The van der Waals surface area contributed by atoms with Crippen molar-refractivity contribution in [3.05, 3.63) is 0 Å². The van der Waals surface area contributed by atoms with Gasteiger partial charge < -0.3 is 15.5 Å². The van der Waals surface area contributed by atoms with Gasteiger partial charge in [0.05, 0.1) is 6.54 Å². The average molecular weight is 251 g/mol. The molecule has 0 spiro atoms. The highest BCUT2D eigenvalue weighted by Crippen LogP contribution is 2.36. The maximum atomic E-state index is 11.7. The van der Waals surface area contributed by atoms with E-state index in [1.807, 2.05) is 0 Å². The highest BCUT2D eigenvalue weighted by molar-refractivity contribution is 5.78. The third-order valence-electron chi connectivity index (χ3n) is 4.91. The molecule has 3 fully saturated rings. The van der Waals surface area contributed by atoms with Gasteiger partial charge in [0.25, 0.3) is 0 Å². The lowest BCUT2D eigenvalue weighted by molar-refractivity contribution is -0.120. The van der Waals surface area contributed by atoms with Crippen molar-refractivity contribution in [1.82, 2.24) is 15.5 Å². The Morgan fingerprint density at radius 1 is 1.17 bits per heavy atom. The second-order valence-electron chi connectivity index (χ2n) is 6.35. The molecular formula is C14H25N3O. The lowest BCUT2D eigenvalue weighted by Gasteiger charge is -2.36. The first kappa shape index (κ1) is 12.4. The molecule has 1 amide bonds. The molecule has 2 bridgehead atoms. The van der Waals surface area contributed by atoms with Crippen LogP contribution in [0.5, 0.6) is 0 Å². The number of nitrogens with zero attached hydrogens (tertiary/aromatic N) is 1. The zero-order valence-corrected chi connectivity index (χ0v) is 11.3. The van der Waals surface area contributed by atoms with Crippen LogP contribution in [0.15, 0.2) is 0 Å². The molecule has 0 aromatic carbocycles. The van der Waals surface area contributed by atoms with E-state index >= 15 is 0 Å². The van der Waals surface area contributed by atoms with Gasteiger partial charge in [-0.1, -0.05) is 0 Å². The number of hydrogen-bond donors (Lipinski definition) is 2. The monoisotopic (exact) mass is 251 g/mol. The average Bonchev–Trinajstić information content (AvgIpc) is 3.16. The van der Waals surface area contributed by atoms with Crippen molar-refractivity contribution in [1.29, 1.82) is 0 Å². The Bertz CT molecular complexity index is 302. The molecule has 3 aliphatic rings. The van der Waals surface area contributed by atoms with Gasteiger partial charge in [0.1, 0.15) is 0 Å². The molecule has 2 saturated heterocycles. The Balaban J connectivity index is 1.37. The molecule has 2 N–H and O–H groups in total. The second-order valence-corrected chi connectivity index (χ2v) is 6.35. The molecule has 2 aliphatic heterocycles. The summed E-state index contributed by atoms with van der Waals surface area (Å²) in [5.74, 6) is 0.872. The number of carbonyl (C=O) groups is 1. The number of piperidine rings is 1. The largest absolute Gasteiger partial charge is 0.355 e. The van der Waals surface area contributed by atoms with Crippen molar-refractivity contribution in [2.24, 2.45) is 5.92 Å². The Kier molecular flexibility index (Phi) is 3.57. The Hall–Kier alpha value is -0.610. The van der Waals surface area contributed by atoms with E-state index in [-0.39, 0.29) is 5.91 Å². The van der Waals surface area contributed by atoms with Gasteiger partial charge in [-0.25, -0.2) is 0 Å². The summed E-state index contributed by atoms with van der Waals surface area (Å²) < 4.78 is 0. The highest BCUT2D eigenvalue weighted by atomic mass is 16.1. The fourth-order valence-electron chi connectivity index (χ4n) is 3.54. The molecule has 1 aliphatic carbocycles. The number of hydrogen-bond acceptors (Lipinski definition) is 3. The Morgan fingerprint density at radius 2 is 1.83 bits per heavy atom. The zero-order valence-electron chi connectivity index (χ0n) is 11.3. The second kappa shape index (κ2) is 5.17. The van der Waals surface area contributed by atoms with E-state index in [0.29, 0.717) is 18.5 Å². The van der Waals surface area contributed by atoms with E-state index in [1.165, 1.54) is 38.5 Å². The summed E-state index contributed by atoms with van der Waals surface area (Å²) in [6.45, 7) is 1.39. The van der Waals surface area contributed by atoms with Crippen molar-refractivity contribution in [3.63, 3.8) is 0 Å². The van der Waals surface area contributed by atoms with Crippen LogP contribution in [0, 0.1) is 5.92 Å². The Morgan fingerprint density at radius 3 is 2.44 bits per heavy atom. The summed E-state index contributed by atoms with van der Waals surface area (Å²) in [4.78, 5) is 14.2. The predicted octanol–water partition coefficient (Wildman–Crippen LogP) is 0.727. The van der Waals surface area contributed by atoms with E-state index in [0.717, 1.165) is 18.6 Å². The molecule has 0 aromatic heterocycles. The topological polar surface area (TPSA) is 44.4 Å². The van der Waals surface area contributed by atoms with Gasteiger partial charge in [0.2, 0.25) is 5.91 Å². The molecule has 2 atom stereocenters. The van der Waals surface area contributed by atoms with Crippen molar-refractivity contribution in [2.45, 2.75) is 56.7 Å². The van der Waals surface area contributed by atoms with Crippen LogP contribution in [-0.4, -0.2) is 49.1 Å². The minimum absolute atomic E-state index is 0.174. The van der Waals surface area contributed by atoms with Gasteiger partial charge >= 0.3 is 0 Å². The third-order valence-corrected chi connectivity index (χ3v) is 4.91. The summed E-state index contributed by atoms with van der Waals surface area (Å²) in [6.07, 6.45) is 7.73. The van der Waals surface area contributed by atoms with Crippen LogP contribution in [-0.2, 0) is 4.79 Å². The molecule has 2 heterocycles. The smallest absolute Gasteiger partial charge is 0.233 e. The molecule has 18 heavy (non-hydrogen) atoms. The number of amides is 1. The van der Waals surface area contributed by atoms with Crippen LogP contribution in [0.1, 0.15) is 38.5 Å². The SMILES string of the molecule is CN1C2CCC1CC(CNC(=O)CNC1CC1)C2. The Labute approximate surface area is 109 Å². The van der Waals surface area contributed by atoms with Gasteiger partial charge in [-0.3, -0.25) is 4.79 Å². The predicted molar refractivity (Wildman–Crippen MR) is 71.3 cm³/mol. The maximum Gasteiger partial charge on any atom is 0.233 e. The number of nitrogens with one attached hydrogen (secondary N) is 2.